The molecular weight excluding hydrogens is 485 g/mol. The second-order valence-corrected chi connectivity index (χ2v) is 9.51. The zero-order valence-corrected chi connectivity index (χ0v) is 20.5. The number of halogens is 1. The molecule has 3 heterocycles. The van der Waals surface area contributed by atoms with Crippen LogP contribution in [-0.2, 0) is 13.5 Å². The van der Waals surface area contributed by atoms with Crippen LogP contribution in [0, 0.1) is 11.7 Å². The summed E-state index contributed by atoms with van der Waals surface area (Å²) in [5, 5.41) is 17.4. The van der Waals surface area contributed by atoms with E-state index >= 15 is 0 Å². The third kappa shape index (κ3) is 4.16. The number of hydrogen-bond donors (Lipinski definition) is 2. The van der Waals surface area contributed by atoms with Gasteiger partial charge in [0.1, 0.15) is 17.2 Å². The van der Waals surface area contributed by atoms with Crippen molar-refractivity contribution in [1.82, 2.24) is 19.2 Å². The maximum Gasteiger partial charge on any atom is 0.274 e. The van der Waals surface area contributed by atoms with Crippen molar-refractivity contribution < 1.29 is 19.1 Å². The number of aliphatic hydroxyl groups excluding tert-OH is 1. The average molecular weight is 510 g/mol. The molecular formula is C29H24FN5O3. The first-order chi connectivity index (χ1) is 18.4. The maximum absolute atomic E-state index is 14.6. The molecule has 2 atom stereocenters. The lowest BCUT2D eigenvalue weighted by Gasteiger charge is -2.15. The van der Waals surface area contributed by atoms with Crippen molar-refractivity contribution >= 4 is 23.0 Å². The molecule has 5 aromatic rings. The van der Waals surface area contributed by atoms with E-state index in [-0.39, 0.29) is 35.1 Å². The summed E-state index contributed by atoms with van der Waals surface area (Å²) in [4.78, 5) is 30.4. The lowest BCUT2D eigenvalue weighted by Crippen LogP contribution is -2.17. The molecule has 0 fully saturated rings. The van der Waals surface area contributed by atoms with Gasteiger partial charge in [-0.3, -0.25) is 18.7 Å². The fraction of sp³-hybridized carbons (Fsp3) is 0.172. The summed E-state index contributed by atoms with van der Waals surface area (Å²) in [5.41, 5.74) is 4.61. The van der Waals surface area contributed by atoms with Crippen molar-refractivity contribution in [3.63, 3.8) is 0 Å². The standard InChI is InChI=1S/C29H24FN5O3/c1-34-24(8-10-32-34)18-9-11-35-25(16-31-27(35)15-18)29(38)33-23-13-19(6-7-22(23)30)26(36)14-20-12-17-4-2-3-5-21(17)28(20)37/h2-11,13,15-16,20,28,37H,12,14H2,1H3,(H,33,38)/t20-,28+/m1/s1. The smallest absolute Gasteiger partial charge is 0.274 e. The molecule has 0 spiro atoms. The van der Waals surface area contributed by atoms with Gasteiger partial charge in [0.05, 0.1) is 23.7 Å². The highest BCUT2D eigenvalue weighted by Gasteiger charge is 2.32. The van der Waals surface area contributed by atoms with Gasteiger partial charge in [-0.1, -0.05) is 24.3 Å². The Morgan fingerprint density at radius 3 is 2.76 bits per heavy atom. The fourth-order valence-corrected chi connectivity index (χ4v) is 5.14. The molecule has 8 nitrogen and oxygen atoms in total. The number of rotatable bonds is 6. The first kappa shape index (κ1) is 23.7. The minimum atomic E-state index is -0.719. The molecule has 2 N–H and O–H groups in total. The zero-order chi connectivity index (χ0) is 26.4. The fourth-order valence-electron chi connectivity index (χ4n) is 5.14. The normalized spacial score (nSPS) is 16.5. The van der Waals surface area contributed by atoms with Crippen molar-refractivity contribution in [2.24, 2.45) is 13.0 Å². The van der Waals surface area contributed by atoms with Crippen LogP contribution < -0.4 is 5.32 Å². The van der Waals surface area contributed by atoms with E-state index in [9.17, 15) is 19.1 Å². The van der Waals surface area contributed by atoms with Crippen LogP contribution in [0.1, 0.15) is 44.5 Å². The molecule has 1 aliphatic rings. The monoisotopic (exact) mass is 509 g/mol. The summed E-state index contributed by atoms with van der Waals surface area (Å²) in [6, 6.07) is 17.1. The number of aliphatic hydroxyl groups is 1. The van der Waals surface area contributed by atoms with E-state index in [1.165, 1.54) is 18.3 Å². The van der Waals surface area contributed by atoms with Gasteiger partial charge in [-0.05, 0) is 53.9 Å². The number of carbonyl (C=O) groups excluding carboxylic acids is 2. The number of aryl methyl sites for hydroxylation is 1. The van der Waals surface area contributed by atoms with Crippen LogP contribution >= 0.6 is 0 Å². The first-order valence-electron chi connectivity index (χ1n) is 12.2. The number of anilines is 1. The zero-order valence-electron chi connectivity index (χ0n) is 20.5. The van der Waals surface area contributed by atoms with Gasteiger partial charge in [-0.2, -0.15) is 5.10 Å². The van der Waals surface area contributed by atoms with Gasteiger partial charge in [0.2, 0.25) is 0 Å². The Bertz CT molecular complexity index is 1710. The van der Waals surface area contributed by atoms with E-state index in [0.717, 1.165) is 28.5 Å². The Kier molecular flexibility index (Phi) is 5.84. The third-order valence-electron chi connectivity index (χ3n) is 7.15. The number of nitrogens with zero attached hydrogens (tertiary/aromatic N) is 4. The maximum atomic E-state index is 14.6. The molecule has 0 radical (unpaired) electrons. The van der Waals surface area contributed by atoms with E-state index in [0.29, 0.717) is 12.1 Å². The highest BCUT2D eigenvalue weighted by atomic mass is 19.1. The van der Waals surface area contributed by atoms with Gasteiger partial charge < -0.3 is 10.4 Å². The van der Waals surface area contributed by atoms with Crippen LogP contribution in [0.4, 0.5) is 10.1 Å². The second-order valence-electron chi connectivity index (χ2n) is 9.51. The number of amides is 1. The average Bonchev–Trinajstić information content (AvgIpc) is 3.62. The second kappa shape index (κ2) is 9.35. The van der Waals surface area contributed by atoms with Gasteiger partial charge in [0.15, 0.2) is 5.78 Å². The Labute approximate surface area is 217 Å². The highest BCUT2D eigenvalue weighted by molar-refractivity contribution is 6.05. The van der Waals surface area contributed by atoms with Gasteiger partial charge in [0.25, 0.3) is 5.91 Å². The number of pyridine rings is 1. The Balaban J connectivity index is 1.20. The Morgan fingerprint density at radius 1 is 1.13 bits per heavy atom. The van der Waals surface area contributed by atoms with Gasteiger partial charge in [-0.15, -0.1) is 0 Å². The number of nitrogens with one attached hydrogen (secondary N) is 1. The van der Waals surface area contributed by atoms with Crippen molar-refractivity contribution in [3.8, 4) is 11.3 Å². The molecule has 0 unspecified atom stereocenters. The SMILES string of the molecule is Cn1nccc1-c1ccn2c(C(=O)Nc3cc(C(=O)C[C@H]4Cc5ccccc5[C@H]4O)ccc3F)cnc2c1. The number of aromatic nitrogens is 4. The van der Waals surface area contributed by atoms with Crippen LogP contribution in [-0.4, -0.2) is 36.0 Å². The molecule has 1 amide bonds. The number of hydrogen-bond acceptors (Lipinski definition) is 5. The molecule has 0 bridgehead atoms. The Hall–Kier alpha value is -4.63. The summed E-state index contributed by atoms with van der Waals surface area (Å²) in [6.45, 7) is 0. The molecule has 190 valence electrons. The van der Waals surface area contributed by atoms with Crippen LogP contribution in [0.15, 0.2) is 79.3 Å². The molecule has 0 saturated carbocycles. The number of ketones is 1. The number of benzene rings is 2. The van der Waals surface area contributed by atoms with Crippen LogP contribution in [0.25, 0.3) is 16.9 Å². The predicted molar refractivity (Wildman–Crippen MR) is 139 cm³/mol. The third-order valence-corrected chi connectivity index (χ3v) is 7.15. The van der Waals surface area contributed by atoms with E-state index < -0.39 is 17.8 Å². The van der Waals surface area contributed by atoms with Crippen molar-refractivity contribution in [3.05, 3.63) is 107 Å². The highest BCUT2D eigenvalue weighted by Crippen LogP contribution is 2.38. The van der Waals surface area contributed by atoms with E-state index in [2.05, 4.69) is 15.4 Å². The summed E-state index contributed by atoms with van der Waals surface area (Å²) >= 11 is 0. The minimum Gasteiger partial charge on any atom is -0.388 e. The molecule has 3 aromatic heterocycles. The van der Waals surface area contributed by atoms with Crippen LogP contribution in [0.3, 0.4) is 0 Å². The minimum absolute atomic E-state index is 0.0995. The van der Waals surface area contributed by atoms with Gasteiger partial charge in [-0.25, -0.2) is 9.37 Å². The molecule has 2 aromatic carbocycles. The number of carbonyl (C=O) groups is 2. The van der Waals surface area contributed by atoms with E-state index in [1.54, 1.807) is 21.5 Å². The number of Topliss-reactive ketones (excluding diaryl/α,β-unsaturated/α-hetero) is 1. The molecule has 1 aliphatic carbocycles. The molecule has 9 heteroatoms. The van der Waals surface area contributed by atoms with Gasteiger partial charge in [0, 0.05) is 42.9 Å². The lowest BCUT2D eigenvalue weighted by atomic mass is 9.94. The topological polar surface area (TPSA) is 102 Å². The molecule has 38 heavy (non-hydrogen) atoms. The molecule has 6 rings (SSSR count). The van der Waals surface area contributed by atoms with Crippen molar-refractivity contribution in [2.75, 3.05) is 5.32 Å². The van der Waals surface area contributed by atoms with E-state index in [4.69, 9.17) is 0 Å². The molecule has 0 saturated heterocycles. The number of imidazole rings is 1. The predicted octanol–water partition coefficient (Wildman–Crippen LogP) is 4.60. The summed E-state index contributed by atoms with van der Waals surface area (Å²) in [6.07, 6.45) is 4.84. The largest absolute Gasteiger partial charge is 0.388 e. The summed E-state index contributed by atoms with van der Waals surface area (Å²) in [7, 11) is 1.84. The molecule has 0 aliphatic heterocycles. The first-order valence-corrected chi connectivity index (χ1v) is 12.2. The summed E-state index contributed by atoms with van der Waals surface area (Å²) in [5.74, 6) is -1.70. The summed E-state index contributed by atoms with van der Waals surface area (Å²) < 4.78 is 18.0. The van der Waals surface area contributed by atoms with Crippen molar-refractivity contribution in [1.29, 1.82) is 0 Å². The number of fused-ring (bicyclic) bond motifs is 2. The van der Waals surface area contributed by atoms with E-state index in [1.807, 2.05) is 49.5 Å². The van der Waals surface area contributed by atoms with Crippen LogP contribution in [0.5, 0.6) is 0 Å². The van der Waals surface area contributed by atoms with Crippen LogP contribution in [0.2, 0.25) is 0 Å². The Morgan fingerprint density at radius 2 is 1.97 bits per heavy atom. The lowest BCUT2D eigenvalue weighted by molar-refractivity contribution is 0.0840. The van der Waals surface area contributed by atoms with Gasteiger partial charge >= 0.3 is 0 Å². The van der Waals surface area contributed by atoms with Crippen molar-refractivity contribution in [2.45, 2.75) is 18.9 Å². The quantitative estimate of drug-likeness (QED) is 0.326.